The van der Waals surface area contributed by atoms with Crippen molar-refractivity contribution >= 4 is 0 Å². The molecule has 0 amide bonds. The quantitative estimate of drug-likeness (QED) is 0.766. The average Bonchev–Trinajstić information content (AvgIpc) is 2.55. The van der Waals surface area contributed by atoms with Gasteiger partial charge < -0.3 is 10.1 Å². The third-order valence-corrected chi connectivity index (χ3v) is 5.11. The predicted octanol–water partition coefficient (Wildman–Crippen LogP) is 4.95. The third kappa shape index (κ3) is 4.47. The Balaban J connectivity index is 1.92. The molecule has 1 unspecified atom stereocenters. The van der Waals surface area contributed by atoms with Crippen molar-refractivity contribution in [2.45, 2.75) is 57.9 Å². The number of hydrogen-bond acceptors (Lipinski definition) is 2. The monoisotopic (exact) mass is 289 g/mol. The first-order valence-electron chi connectivity index (χ1n) is 8.59. The highest BCUT2D eigenvalue weighted by Gasteiger charge is 2.27. The maximum atomic E-state index is 5.26. The molecule has 1 aromatic carbocycles. The third-order valence-electron chi connectivity index (χ3n) is 5.11. The van der Waals surface area contributed by atoms with Crippen molar-refractivity contribution in [3.8, 4) is 5.75 Å². The highest BCUT2D eigenvalue weighted by Crippen LogP contribution is 2.38. The highest BCUT2D eigenvalue weighted by atomic mass is 16.5. The van der Waals surface area contributed by atoms with E-state index in [0.29, 0.717) is 6.04 Å². The van der Waals surface area contributed by atoms with Crippen molar-refractivity contribution in [3.63, 3.8) is 0 Å². The summed E-state index contributed by atoms with van der Waals surface area (Å²) in [6.07, 6.45) is 9.75. The Bertz CT molecular complexity index is 393. The molecule has 21 heavy (non-hydrogen) atoms. The molecule has 1 aromatic rings. The Morgan fingerprint density at radius 3 is 2.33 bits per heavy atom. The number of rotatable bonds is 7. The van der Waals surface area contributed by atoms with E-state index in [2.05, 4.69) is 43.6 Å². The zero-order chi connectivity index (χ0) is 15.1. The van der Waals surface area contributed by atoms with Crippen LogP contribution in [0.15, 0.2) is 24.3 Å². The second-order valence-corrected chi connectivity index (χ2v) is 6.46. The van der Waals surface area contributed by atoms with Gasteiger partial charge in [0.25, 0.3) is 0 Å². The predicted molar refractivity (Wildman–Crippen MR) is 89.8 cm³/mol. The summed E-state index contributed by atoms with van der Waals surface area (Å²) in [6, 6.07) is 9.06. The van der Waals surface area contributed by atoms with Gasteiger partial charge in [0, 0.05) is 6.04 Å². The van der Waals surface area contributed by atoms with E-state index in [4.69, 9.17) is 4.74 Å². The molecule has 1 aliphatic carbocycles. The molecule has 1 saturated carbocycles. The lowest BCUT2D eigenvalue weighted by atomic mass is 9.75. The van der Waals surface area contributed by atoms with E-state index < -0.39 is 0 Å². The van der Waals surface area contributed by atoms with Crippen molar-refractivity contribution in [2.24, 2.45) is 11.8 Å². The molecule has 0 saturated heterocycles. The minimum absolute atomic E-state index is 0.489. The molecule has 0 aromatic heterocycles. The molecule has 2 heteroatoms. The van der Waals surface area contributed by atoms with Gasteiger partial charge in [-0.25, -0.2) is 0 Å². The Labute approximate surface area is 130 Å². The Kier molecular flexibility index (Phi) is 6.56. The maximum Gasteiger partial charge on any atom is 0.118 e. The summed E-state index contributed by atoms with van der Waals surface area (Å²) in [6.45, 7) is 2.30. The standard InChI is InChI=1S/C19H31NO/c1-4-5-6-15-7-9-16(10-8-15)19(20-2)17-11-13-18(21-3)14-12-17/h11-16,19-20H,4-10H2,1-3H3. The van der Waals surface area contributed by atoms with Crippen LogP contribution in [0, 0.1) is 11.8 Å². The van der Waals surface area contributed by atoms with Crippen LogP contribution in [-0.2, 0) is 0 Å². The van der Waals surface area contributed by atoms with Crippen LogP contribution >= 0.6 is 0 Å². The average molecular weight is 289 g/mol. The molecule has 1 N–H and O–H groups in total. The van der Waals surface area contributed by atoms with Gasteiger partial charge in [-0.2, -0.15) is 0 Å². The molecule has 0 bridgehead atoms. The molecule has 118 valence electrons. The molecule has 2 rings (SSSR count). The Morgan fingerprint density at radius 2 is 1.81 bits per heavy atom. The maximum absolute atomic E-state index is 5.26. The summed E-state index contributed by atoms with van der Waals surface area (Å²) in [5.41, 5.74) is 1.40. The first-order chi connectivity index (χ1) is 10.3. The van der Waals surface area contributed by atoms with E-state index in [1.54, 1.807) is 7.11 Å². The van der Waals surface area contributed by atoms with Crippen LogP contribution in [-0.4, -0.2) is 14.2 Å². The summed E-state index contributed by atoms with van der Waals surface area (Å²) in [5, 5.41) is 3.54. The van der Waals surface area contributed by atoms with E-state index in [9.17, 15) is 0 Å². The van der Waals surface area contributed by atoms with E-state index in [1.165, 1.54) is 50.5 Å². The van der Waals surface area contributed by atoms with Crippen molar-refractivity contribution in [1.29, 1.82) is 0 Å². The summed E-state index contributed by atoms with van der Waals surface area (Å²) in [5.74, 6) is 2.70. The highest BCUT2D eigenvalue weighted by molar-refractivity contribution is 5.29. The van der Waals surface area contributed by atoms with Crippen LogP contribution in [0.25, 0.3) is 0 Å². The van der Waals surface area contributed by atoms with Gasteiger partial charge in [0.1, 0.15) is 5.75 Å². The molecule has 1 fully saturated rings. The first kappa shape index (κ1) is 16.4. The molecule has 1 atom stereocenters. The van der Waals surface area contributed by atoms with Gasteiger partial charge in [-0.3, -0.25) is 0 Å². The number of methoxy groups -OCH3 is 1. The zero-order valence-corrected chi connectivity index (χ0v) is 13.9. The van der Waals surface area contributed by atoms with Crippen LogP contribution in [0.1, 0.15) is 63.5 Å². The minimum Gasteiger partial charge on any atom is -0.497 e. The molecule has 0 radical (unpaired) electrons. The molecule has 1 aliphatic rings. The molecular weight excluding hydrogens is 258 g/mol. The summed E-state index contributed by atoms with van der Waals surface area (Å²) in [7, 11) is 3.82. The lowest BCUT2D eigenvalue weighted by Crippen LogP contribution is -2.28. The van der Waals surface area contributed by atoms with Crippen LogP contribution in [0.2, 0.25) is 0 Å². The molecule has 0 aliphatic heterocycles. The van der Waals surface area contributed by atoms with Crippen LogP contribution in [0.4, 0.5) is 0 Å². The number of nitrogens with one attached hydrogen (secondary N) is 1. The fourth-order valence-corrected chi connectivity index (χ4v) is 3.79. The van der Waals surface area contributed by atoms with Crippen LogP contribution in [0.5, 0.6) is 5.75 Å². The van der Waals surface area contributed by atoms with Crippen LogP contribution < -0.4 is 10.1 Å². The van der Waals surface area contributed by atoms with E-state index in [-0.39, 0.29) is 0 Å². The van der Waals surface area contributed by atoms with Crippen molar-refractivity contribution in [1.82, 2.24) is 5.32 Å². The first-order valence-corrected chi connectivity index (χ1v) is 8.59. The second kappa shape index (κ2) is 8.43. The molecule has 0 heterocycles. The van der Waals surface area contributed by atoms with E-state index in [1.807, 2.05) is 0 Å². The summed E-state index contributed by atoms with van der Waals surface area (Å²) >= 11 is 0. The van der Waals surface area contributed by atoms with E-state index in [0.717, 1.165) is 17.6 Å². The van der Waals surface area contributed by atoms with Gasteiger partial charge in [-0.1, -0.05) is 51.2 Å². The largest absolute Gasteiger partial charge is 0.497 e. The van der Waals surface area contributed by atoms with Gasteiger partial charge in [0.05, 0.1) is 7.11 Å². The van der Waals surface area contributed by atoms with Crippen molar-refractivity contribution in [3.05, 3.63) is 29.8 Å². The number of hydrogen-bond donors (Lipinski definition) is 1. The van der Waals surface area contributed by atoms with Gasteiger partial charge in [-0.15, -0.1) is 0 Å². The lowest BCUT2D eigenvalue weighted by Gasteiger charge is -2.34. The van der Waals surface area contributed by atoms with Crippen molar-refractivity contribution in [2.75, 3.05) is 14.2 Å². The molecule has 0 spiro atoms. The van der Waals surface area contributed by atoms with Gasteiger partial charge >= 0.3 is 0 Å². The molecular formula is C19H31NO. The Morgan fingerprint density at radius 1 is 1.14 bits per heavy atom. The topological polar surface area (TPSA) is 21.3 Å². The lowest BCUT2D eigenvalue weighted by molar-refractivity contribution is 0.218. The number of unbranched alkanes of at least 4 members (excludes halogenated alkanes) is 1. The van der Waals surface area contributed by atoms with E-state index >= 15 is 0 Å². The molecule has 2 nitrogen and oxygen atoms in total. The summed E-state index contributed by atoms with van der Waals surface area (Å²) < 4.78 is 5.26. The van der Waals surface area contributed by atoms with Gasteiger partial charge in [0.15, 0.2) is 0 Å². The van der Waals surface area contributed by atoms with Crippen molar-refractivity contribution < 1.29 is 4.74 Å². The van der Waals surface area contributed by atoms with Gasteiger partial charge in [0.2, 0.25) is 0 Å². The Hall–Kier alpha value is -1.02. The normalized spacial score (nSPS) is 23.8. The fraction of sp³-hybridized carbons (Fsp3) is 0.684. The second-order valence-electron chi connectivity index (χ2n) is 6.46. The van der Waals surface area contributed by atoms with Crippen LogP contribution in [0.3, 0.4) is 0 Å². The number of benzene rings is 1. The fourth-order valence-electron chi connectivity index (χ4n) is 3.79. The summed E-state index contributed by atoms with van der Waals surface area (Å²) in [4.78, 5) is 0. The SMILES string of the molecule is CCCCC1CCC(C(NC)c2ccc(OC)cc2)CC1. The zero-order valence-electron chi connectivity index (χ0n) is 13.9. The van der Waals surface area contributed by atoms with Gasteiger partial charge in [-0.05, 0) is 49.4 Å². The number of ether oxygens (including phenoxy) is 1. The minimum atomic E-state index is 0.489. The smallest absolute Gasteiger partial charge is 0.118 e.